The number of halogens is 1. The third-order valence-electron chi connectivity index (χ3n) is 4.29. The lowest BCUT2D eigenvalue weighted by Gasteiger charge is -2.28. The van der Waals surface area contributed by atoms with Gasteiger partial charge < -0.3 is 14.7 Å². The van der Waals surface area contributed by atoms with E-state index in [9.17, 15) is 24.4 Å². The largest absolute Gasteiger partial charge is 0.460 e. The van der Waals surface area contributed by atoms with Crippen molar-refractivity contribution in [1.29, 1.82) is 0 Å². The van der Waals surface area contributed by atoms with Crippen molar-refractivity contribution < 1.29 is 24.0 Å². The molecule has 1 aliphatic heterocycles. The standard InChI is InChI=1S/C18H25FN2O5/c1-17(2,3)26-16(22)12-18(23)7-4-9-20(10-8-18)15-6-5-13(21(24)25)11-14(15)19/h5-6,11,23H,4,7-10,12H2,1-3H3. The SMILES string of the molecule is CC(C)(C)OC(=O)CC1(O)CCCN(c2ccc([N+](=O)[O-])cc2F)CC1. The summed E-state index contributed by atoms with van der Waals surface area (Å²) >= 11 is 0. The molecule has 26 heavy (non-hydrogen) atoms. The molecule has 0 radical (unpaired) electrons. The number of esters is 1. The number of anilines is 1. The van der Waals surface area contributed by atoms with E-state index in [0.29, 0.717) is 25.9 Å². The number of rotatable bonds is 4. The van der Waals surface area contributed by atoms with Crippen molar-refractivity contribution in [2.24, 2.45) is 0 Å². The van der Waals surface area contributed by atoms with Gasteiger partial charge in [0.05, 0.1) is 28.7 Å². The van der Waals surface area contributed by atoms with E-state index in [1.165, 1.54) is 12.1 Å². The van der Waals surface area contributed by atoms with Gasteiger partial charge in [-0.25, -0.2) is 4.39 Å². The third-order valence-corrected chi connectivity index (χ3v) is 4.29. The van der Waals surface area contributed by atoms with Crippen LogP contribution in [0.2, 0.25) is 0 Å². The summed E-state index contributed by atoms with van der Waals surface area (Å²) in [6.07, 6.45) is 1.14. The van der Waals surface area contributed by atoms with Crippen LogP contribution >= 0.6 is 0 Å². The van der Waals surface area contributed by atoms with Crippen LogP contribution in [0.15, 0.2) is 18.2 Å². The Balaban J connectivity index is 2.05. The number of carbonyl (C=O) groups is 1. The topological polar surface area (TPSA) is 92.9 Å². The van der Waals surface area contributed by atoms with Gasteiger partial charge in [0.2, 0.25) is 0 Å². The van der Waals surface area contributed by atoms with Gasteiger partial charge >= 0.3 is 5.97 Å². The molecule has 2 rings (SSSR count). The molecule has 1 atom stereocenters. The van der Waals surface area contributed by atoms with Gasteiger partial charge in [0.1, 0.15) is 5.60 Å². The molecule has 1 aliphatic rings. The molecule has 1 N–H and O–H groups in total. The number of ether oxygens (including phenoxy) is 1. The maximum Gasteiger partial charge on any atom is 0.309 e. The molecule has 8 heteroatoms. The predicted octanol–water partition coefficient (Wildman–Crippen LogP) is 3.19. The first-order valence-electron chi connectivity index (χ1n) is 8.62. The van der Waals surface area contributed by atoms with Crippen LogP contribution in [0, 0.1) is 15.9 Å². The number of nitro benzene ring substituents is 1. The summed E-state index contributed by atoms with van der Waals surface area (Å²) in [6, 6.07) is 3.54. The molecule has 0 saturated carbocycles. The molecule has 1 heterocycles. The fourth-order valence-electron chi connectivity index (χ4n) is 3.11. The molecule has 7 nitrogen and oxygen atoms in total. The average molecular weight is 368 g/mol. The maximum atomic E-state index is 14.2. The van der Waals surface area contributed by atoms with E-state index in [2.05, 4.69) is 0 Å². The summed E-state index contributed by atoms with van der Waals surface area (Å²) in [6.45, 7) is 6.13. The van der Waals surface area contributed by atoms with Gasteiger partial charge in [0.15, 0.2) is 5.82 Å². The van der Waals surface area contributed by atoms with Crippen LogP contribution in [-0.2, 0) is 9.53 Å². The molecule has 144 valence electrons. The van der Waals surface area contributed by atoms with Crippen LogP contribution in [0.3, 0.4) is 0 Å². The smallest absolute Gasteiger partial charge is 0.309 e. The van der Waals surface area contributed by atoms with Crippen molar-refractivity contribution >= 4 is 17.3 Å². The second-order valence-corrected chi connectivity index (χ2v) is 7.72. The quantitative estimate of drug-likeness (QED) is 0.498. The van der Waals surface area contributed by atoms with Gasteiger partial charge in [-0.15, -0.1) is 0 Å². The summed E-state index contributed by atoms with van der Waals surface area (Å²) in [5.74, 6) is -1.13. The molecule has 0 spiro atoms. The minimum absolute atomic E-state index is 0.110. The lowest BCUT2D eigenvalue weighted by Crippen LogP contribution is -2.36. The second kappa shape index (κ2) is 7.57. The molecule has 0 bridgehead atoms. The van der Waals surface area contributed by atoms with Crippen molar-refractivity contribution in [3.05, 3.63) is 34.1 Å². The Kier molecular flexibility index (Phi) is 5.85. The van der Waals surface area contributed by atoms with Crippen molar-refractivity contribution in [2.45, 2.75) is 57.7 Å². The van der Waals surface area contributed by atoms with Crippen molar-refractivity contribution in [3.63, 3.8) is 0 Å². The van der Waals surface area contributed by atoms with Gasteiger partial charge in [0.25, 0.3) is 5.69 Å². The van der Waals surface area contributed by atoms with E-state index in [-0.39, 0.29) is 24.2 Å². The summed E-state index contributed by atoms with van der Waals surface area (Å²) in [5, 5.41) is 21.5. The summed E-state index contributed by atoms with van der Waals surface area (Å²) in [5.41, 5.74) is -1.86. The number of benzene rings is 1. The lowest BCUT2D eigenvalue weighted by molar-refractivity contribution is -0.385. The Hall–Kier alpha value is -2.22. The zero-order valence-electron chi connectivity index (χ0n) is 15.3. The number of nitro groups is 1. The van der Waals surface area contributed by atoms with Crippen LogP contribution in [0.4, 0.5) is 15.8 Å². The number of non-ortho nitro benzene ring substituents is 1. The number of hydrogen-bond acceptors (Lipinski definition) is 6. The normalized spacial score (nSPS) is 21.2. The van der Waals surface area contributed by atoms with Gasteiger partial charge in [-0.2, -0.15) is 0 Å². The molecule has 1 aromatic rings. The molecule has 1 fully saturated rings. The molecule has 0 amide bonds. The van der Waals surface area contributed by atoms with E-state index in [1.54, 1.807) is 25.7 Å². The Labute approximate surface area is 151 Å². The Morgan fingerprint density at radius 3 is 2.65 bits per heavy atom. The van der Waals surface area contributed by atoms with E-state index < -0.39 is 27.9 Å². The maximum absolute atomic E-state index is 14.2. The summed E-state index contributed by atoms with van der Waals surface area (Å²) in [7, 11) is 0. The highest BCUT2D eigenvalue weighted by atomic mass is 19.1. The van der Waals surface area contributed by atoms with Gasteiger partial charge in [0, 0.05) is 19.2 Å². The number of aliphatic hydroxyl groups is 1. The van der Waals surface area contributed by atoms with Gasteiger partial charge in [-0.1, -0.05) is 0 Å². The molecule has 1 unspecified atom stereocenters. The first-order chi connectivity index (χ1) is 12.0. The van der Waals surface area contributed by atoms with E-state index in [4.69, 9.17) is 4.74 Å². The van der Waals surface area contributed by atoms with Gasteiger partial charge in [-0.3, -0.25) is 14.9 Å². The fourth-order valence-corrected chi connectivity index (χ4v) is 3.11. The Morgan fingerprint density at radius 1 is 1.38 bits per heavy atom. The highest BCUT2D eigenvalue weighted by Gasteiger charge is 2.35. The molecular formula is C18H25FN2O5. The first-order valence-corrected chi connectivity index (χ1v) is 8.62. The summed E-state index contributed by atoms with van der Waals surface area (Å²) in [4.78, 5) is 23.9. The Bertz CT molecular complexity index is 689. The minimum atomic E-state index is -1.20. The number of carbonyl (C=O) groups excluding carboxylic acids is 1. The number of hydrogen-bond donors (Lipinski definition) is 1. The van der Waals surface area contributed by atoms with Crippen LogP contribution in [0.25, 0.3) is 0 Å². The zero-order chi connectivity index (χ0) is 19.5. The number of nitrogens with zero attached hydrogens (tertiary/aromatic N) is 2. The average Bonchev–Trinajstić information content (AvgIpc) is 2.67. The molecular weight excluding hydrogens is 343 g/mol. The third kappa shape index (κ3) is 5.39. The molecule has 1 aromatic carbocycles. The van der Waals surface area contributed by atoms with Crippen LogP contribution in [-0.4, -0.2) is 40.3 Å². The Morgan fingerprint density at radius 2 is 2.08 bits per heavy atom. The molecule has 0 aromatic heterocycles. The van der Waals surface area contributed by atoms with Crippen LogP contribution < -0.4 is 4.90 Å². The first kappa shape index (κ1) is 20.1. The van der Waals surface area contributed by atoms with Crippen molar-refractivity contribution in [3.8, 4) is 0 Å². The van der Waals surface area contributed by atoms with Crippen LogP contribution in [0.5, 0.6) is 0 Å². The predicted molar refractivity (Wildman–Crippen MR) is 94.5 cm³/mol. The van der Waals surface area contributed by atoms with Gasteiger partial charge in [-0.05, 0) is 46.1 Å². The van der Waals surface area contributed by atoms with E-state index >= 15 is 0 Å². The highest BCUT2D eigenvalue weighted by Crippen LogP contribution is 2.31. The minimum Gasteiger partial charge on any atom is -0.460 e. The molecule has 0 aliphatic carbocycles. The monoisotopic (exact) mass is 368 g/mol. The second-order valence-electron chi connectivity index (χ2n) is 7.72. The van der Waals surface area contributed by atoms with Crippen molar-refractivity contribution in [1.82, 2.24) is 0 Å². The van der Waals surface area contributed by atoms with E-state index in [1.807, 2.05) is 0 Å². The lowest BCUT2D eigenvalue weighted by atomic mass is 9.91. The summed E-state index contributed by atoms with van der Waals surface area (Å²) < 4.78 is 19.5. The van der Waals surface area contributed by atoms with Crippen molar-refractivity contribution in [2.75, 3.05) is 18.0 Å². The van der Waals surface area contributed by atoms with Crippen LogP contribution in [0.1, 0.15) is 46.5 Å². The molecule has 1 saturated heterocycles. The highest BCUT2D eigenvalue weighted by molar-refractivity contribution is 5.71. The van der Waals surface area contributed by atoms with E-state index in [0.717, 1.165) is 6.07 Å². The zero-order valence-corrected chi connectivity index (χ0v) is 15.3. The fraction of sp³-hybridized carbons (Fsp3) is 0.611.